The van der Waals surface area contributed by atoms with Crippen LogP contribution in [-0.4, -0.2) is 37.9 Å². The monoisotopic (exact) mass is 227 g/mol. The fraction of sp³-hybridized carbons (Fsp3) is 0.800. The van der Waals surface area contributed by atoms with E-state index in [0.717, 1.165) is 25.7 Å². The molecule has 1 fully saturated rings. The van der Waals surface area contributed by atoms with Crippen LogP contribution in [0.15, 0.2) is 5.10 Å². The molecule has 1 aliphatic carbocycles. The van der Waals surface area contributed by atoms with Crippen LogP contribution >= 0.6 is 0 Å². The van der Waals surface area contributed by atoms with Crippen molar-refractivity contribution < 1.29 is 4.79 Å². The number of hydrogen-bond acceptors (Lipinski definition) is 4. The van der Waals surface area contributed by atoms with Crippen LogP contribution < -0.4 is 21.8 Å². The molecule has 0 aromatic heterocycles. The lowest BCUT2D eigenvalue weighted by atomic mass is 9.91. The molecule has 0 bridgehead atoms. The third-order valence-electron chi connectivity index (χ3n) is 2.81. The minimum absolute atomic E-state index is 0.0977. The van der Waals surface area contributed by atoms with Gasteiger partial charge in [-0.1, -0.05) is 12.8 Å². The predicted octanol–water partition coefficient (Wildman–Crippen LogP) is -0.875. The Labute approximate surface area is 96.0 Å². The summed E-state index contributed by atoms with van der Waals surface area (Å²) < 4.78 is 0. The Kier molecular flexibility index (Phi) is 5.04. The summed E-state index contributed by atoms with van der Waals surface area (Å²) in [4.78, 5) is 11.5. The molecule has 6 nitrogen and oxygen atoms in total. The van der Waals surface area contributed by atoms with E-state index in [1.54, 1.807) is 14.1 Å². The molecule has 1 saturated carbocycles. The van der Waals surface area contributed by atoms with Crippen molar-refractivity contribution >= 4 is 11.7 Å². The average Bonchev–Trinajstić information content (AvgIpc) is 2.30. The zero-order valence-corrected chi connectivity index (χ0v) is 9.92. The van der Waals surface area contributed by atoms with Gasteiger partial charge >= 0.3 is 0 Å². The first-order chi connectivity index (χ1) is 7.69. The highest BCUT2D eigenvalue weighted by Crippen LogP contribution is 2.16. The number of amidine groups is 1. The summed E-state index contributed by atoms with van der Waals surface area (Å²) in [6.45, 7) is 0. The van der Waals surface area contributed by atoms with Crippen LogP contribution in [0.1, 0.15) is 25.7 Å². The maximum Gasteiger partial charge on any atom is 0.288 e. The highest BCUT2D eigenvalue weighted by Gasteiger charge is 2.24. The number of hydrogen-bond donors (Lipinski definition) is 4. The molecule has 0 spiro atoms. The van der Waals surface area contributed by atoms with Crippen LogP contribution in [0.4, 0.5) is 0 Å². The van der Waals surface area contributed by atoms with E-state index in [9.17, 15) is 4.79 Å². The molecule has 0 saturated heterocycles. The van der Waals surface area contributed by atoms with Crippen LogP contribution in [-0.2, 0) is 4.79 Å². The smallest absolute Gasteiger partial charge is 0.288 e. The van der Waals surface area contributed by atoms with Crippen molar-refractivity contribution in [1.29, 1.82) is 0 Å². The van der Waals surface area contributed by atoms with E-state index in [0.29, 0.717) is 5.84 Å². The van der Waals surface area contributed by atoms with Gasteiger partial charge in [0.2, 0.25) is 5.84 Å². The summed E-state index contributed by atoms with van der Waals surface area (Å²) in [5.74, 6) is 0.0690. The van der Waals surface area contributed by atoms with Crippen molar-refractivity contribution in [3.05, 3.63) is 0 Å². The molecule has 0 aromatic rings. The van der Waals surface area contributed by atoms with E-state index in [4.69, 9.17) is 5.73 Å². The largest absolute Gasteiger partial charge is 0.360 e. The lowest BCUT2D eigenvalue weighted by molar-refractivity contribution is -0.114. The first kappa shape index (κ1) is 12.8. The number of carbonyl (C=O) groups is 1. The van der Waals surface area contributed by atoms with E-state index >= 15 is 0 Å². The second kappa shape index (κ2) is 6.32. The molecule has 92 valence electrons. The molecule has 0 aromatic carbocycles. The molecule has 1 rings (SSSR count). The number of likely N-dealkylation sites (N-methyl/N-ethyl adjacent to an activating group) is 1. The second-order valence-electron chi connectivity index (χ2n) is 3.96. The average molecular weight is 227 g/mol. The summed E-state index contributed by atoms with van der Waals surface area (Å²) in [7, 11) is 3.24. The highest BCUT2D eigenvalue weighted by atomic mass is 16.2. The number of amides is 1. The summed E-state index contributed by atoms with van der Waals surface area (Å²) >= 11 is 0. The summed E-state index contributed by atoms with van der Waals surface area (Å²) in [5.41, 5.74) is 8.61. The summed E-state index contributed by atoms with van der Waals surface area (Å²) in [6.07, 6.45) is 4.29. The zero-order valence-electron chi connectivity index (χ0n) is 9.92. The SMILES string of the molecule is CN/N=C(/N[C@@H]1CCCC[C@@H]1N)C(=O)NC. The number of hydrazone groups is 1. The maximum absolute atomic E-state index is 11.5. The van der Waals surface area contributed by atoms with Crippen LogP contribution in [0.2, 0.25) is 0 Å². The van der Waals surface area contributed by atoms with E-state index in [1.165, 1.54) is 0 Å². The van der Waals surface area contributed by atoms with Crippen LogP contribution in [0.5, 0.6) is 0 Å². The molecule has 1 amide bonds. The molecule has 5 N–H and O–H groups in total. The normalized spacial score (nSPS) is 26.1. The molecule has 6 heteroatoms. The van der Waals surface area contributed by atoms with Gasteiger partial charge in [0.1, 0.15) is 0 Å². The minimum atomic E-state index is -0.230. The van der Waals surface area contributed by atoms with Gasteiger partial charge in [0.25, 0.3) is 5.91 Å². The number of nitrogens with one attached hydrogen (secondary N) is 3. The van der Waals surface area contributed by atoms with Crippen molar-refractivity contribution in [3.8, 4) is 0 Å². The lowest BCUT2D eigenvalue weighted by Crippen LogP contribution is -2.53. The highest BCUT2D eigenvalue weighted by molar-refractivity contribution is 6.37. The van der Waals surface area contributed by atoms with E-state index < -0.39 is 0 Å². The molecule has 16 heavy (non-hydrogen) atoms. The fourth-order valence-corrected chi connectivity index (χ4v) is 1.89. The van der Waals surface area contributed by atoms with E-state index in [-0.39, 0.29) is 18.0 Å². The number of carbonyl (C=O) groups excluding carboxylic acids is 1. The topological polar surface area (TPSA) is 91.5 Å². The van der Waals surface area contributed by atoms with Crippen molar-refractivity contribution in [2.45, 2.75) is 37.8 Å². The number of nitrogens with zero attached hydrogens (tertiary/aromatic N) is 1. The van der Waals surface area contributed by atoms with Crippen LogP contribution in [0, 0.1) is 0 Å². The molecular formula is C10H21N5O. The molecule has 1 aliphatic rings. The Morgan fingerprint density at radius 2 is 2.00 bits per heavy atom. The number of rotatable bonds is 2. The molecule has 0 heterocycles. The quantitative estimate of drug-likeness (QED) is 0.280. The zero-order chi connectivity index (χ0) is 12.0. The van der Waals surface area contributed by atoms with Gasteiger partial charge in [-0.2, -0.15) is 5.10 Å². The first-order valence-corrected chi connectivity index (χ1v) is 5.67. The Hall–Kier alpha value is -1.30. The Morgan fingerprint density at radius 3 is 2.56 bits per heavy atom. The molecule has 0 radical (unpaired) electrons. The van der Waals surface area contributed by atoms with E-state index in [2.05, 4.69) is 21.2 Å². The van der Waals surface area contributed by atoms with Crippen LogP contribution in [0.3, 0.4) is 0 Å². The second-order valence-corrected chi connectivity index (χ2v) is 3.96. The first-order valence-electron chi connectivity index (χ1n) is 5.67. The number of nitrogens with two attached hydrogens (primary N) is 1. The third-order valence-corrected chi connectivity index (χ3v) is 2.81. The Bertz CT molecular complexity index is 266. The van der Waals surface area contributed by atoms with Gasteiger partial charge in [0.05, 0.1) is 0 Å². The van der Waals surface area contributed by atoms with Gasteiger partial charge in [0, 0.05) is 26.2 Å². The molecule has 0 aliphatic heterocycles. The summed E-state index contributed by atoms with van der Waals surface area (Å²) in [5, 5.41) is 9.56. The molecule has 0 unspecified atom stereocenters. The standard InChI is InChI=1S/C10H21N5O/c1-12-10(16)9(15-13-2)14-8-6-4-3-5-7(8)11/h7-8,13H,3-6,11H2,1-2H3,(H,12,16)(H,14,15)/t7-,8+/m0/s1. The lowest BCUT2D eigenvalue weighted by Gasteiger charge is -2.29. The molecule has 2 atom stereocenters. The summed E-state index contributed by atoms with van der Waals surface area (Å²) in [6, 6.07) is 0.235. The van der Waals surface area contributed by atoms with Gasteiger partial charge in [-0.05, 0) is 12.8 Å². The third kappa shape index (κ3) is 3.37. The van der Waals surface area contributed by atoms with Gasteiger partial charge in [-0.15, -0.1) is 0 Å². The maximum atomic E-state index is 11.5. The van der Waals surface area contributed by atoms with Crippen molar-refractivity contribution in [1.82, 2.24) is 16.1 Å². The van der Waals surface area contributed by atoms with Gasteiger partial charge in [-0.25, -0.2) is 0 Å². The Morgan fingerprint density at radius 1 is 1.31 bits per heavy atom. The van der Waals surface area contributed by atoms with Gasteiger partial charge in [-0.3, -0.25) is 4.79 Å². The van der Waals surface area contributed by atoms with Gasteiger partial charge < -0.3 is 21.8 Å². The van der Waals surface area contributed by atoms with Crippen molar-refractivity contribution in [3.63, 3.8) is 0 Å². The van der Waals surface area contributed by atoms with Crippen molar-refractivity contribution in [2.75, 3.05) is 14.1 Å². The molecular weight excluding hydrogens is 206 g/mol. The van der Waals surface area contributed by atoms with Gasteiger partial charge in [0.15, 0.2) is 0 Å². The minimum Gasteiger partial charge on any atom is -0.360 e. The Balaban J connectivity index is 2.60. The van der Waals surface area contributed by atoms with Crippen LogP contribution in [0.25, 0.3) is 0 Å². The van der Waals surface area contributed by atoms with E-state index in [1.807, 2.05) is 0 Å². The van der Waals surface area contributed by atoms with Crippen molar-refractivity contribution in [2.24, 2.45) is 10.8 Å². The fourth-order valence-electron chi connectivity index (χ4n) is 1.89. The predicted molar refractivity (Wildman–Crippen MR) is 63.9 cm³/mol.